The lowest BCUT2D eigenvalue weighted by Gasteiger charge is -2.36. The van der Waals surface area contributed by atoms with Crippen molar-refractivity contribution in [2.45, 2.75) is 45.1 Å². The fourth-order valence-corrected chi connectivity index (χ4v) is 2.73. The van der Waals surface area contributed by atoms with E-state index in [0.29, 0.717) is 5.92 Å². The SMILES string of the molecule is CC1CCC=C2C(O)CCCC21. The smallest absolute Gasteiger partial charge is 0.0752 e. The predicted octanol–water partition coefficient (Wildman–Crippen LogP) is 2.50. The first-order valence-electron chi connectivity index (χ1n) is 5.17. The molecule has 68 valence electrons. The molecule has 0 aromatic rings. The Labute approximate surface area is 74.5 Å². The van der Waals surface area contributed by atoms with E-state index < -0.39 is 0 Å². The first kappa shape index (κ1) is 8.31. The van der Waals surface area contributed by atoms with Crippen LogP contribution < -0.4 is 0 Å². The van der Waals surface area contributed by atoms with Gasteiger partial charge in [-0.3, -0.25) is 0 Å². The quantitative estimate of drug-likeness (QED) is 0.548. The molecule has 0 aromatic carbocycles. The first-order chi connectivity index (χ1) is 5.79. The van der Waals surface area contributed by atoms with Crippen LogP contribution >= 0.6 is 0 Å². The highest BCUT2D eigenvalue weighted by Gasteiger charge is 2.31. The van der Waals surface area contributed by atoms with E-state index in [9.17, 15) is 5.11 Å². The van der Waals surface area contributed by atoms with E-state index in [1.807, 2.05) is 0 Å². The van der Waals surface area contributed by atoms with E-state index in [0.717, 1.165) is 12.3 Å². The van der Waals surface area contributed by atoms with E-state index in [-0.39, 0.29) is 6.10 Å². The zero-order valence-electron chi connectivity index (χ0n) is 7.79. The molecule has 12 heavy (non-hydrogen) atoms. The molecule has 0 bridgehead atoms. The summed E-state index contributed by atoms with van der Waals surface area (Å²) < 4.78 is 0. The topological polar surface area (TPSA) is 20.2 Å². The van der Waals surface area contributed by atoms with Gasteiger partial charge in [-0.05, 0) is 49.5 Å². The van der Waals surface area contributed by atoms with Crippen molar-refractivity contribution in [3.05, 3.63) is 11.6 Å². The summed E-state index contributed by atoms with van der Waals surface area (Å²) in [7, 11) is 0. The van der Waals surface area contributed by atoms with E-state index in [4.69, 9.17) is 0 Å². The van der Waals surface area contributed by atoms with Gasteiger partial charge >= 0.3 is 0 Å². The molecule has 0 aromatic heterocycles. The van der Waals surface area contributed by atoms with Gasteiger partial charge in [-0.1, -0.05) is 13.0 Å². The third-order valence-electron chi connectivity index (χ3n) is 3.49. The van der Waals surface area contributed by atoms with Crippen LogP contribution in [0.1, 0.15) is 39.0 Å². The average Bonchev–Trinajstić information content (AvgIpc) is 2.07. The minimum absolute atomic E-state index is 0.105. The van der Waals surface area contributed by atoms with Crippen molar-refractivity contribution in [3.8, 4) is 0 Å². The van der Waals surface area contributed by atoms with Gasteiger partial charge in [0.1, 0.15) is 0 Å². The lowest BCUT2D eigenvalue weighted by atomic mass is 9.71. The molecule has 0 radical (unpaired) electrons. The van der Waals surface area contributed by atoms with Crippen molar-refractivity contribution in [1.29, 1.82) is 0 Å². The molecule has 2 aliphatic carbocycles. The van der Waals surface area contributed by atoms with Crippen LogP contribution in [0.25, 0.3) is 0 Å². The van der Waals surface area contributed by atoms with E-state index >= 15 is 0 Å². The molecule has 0 amide bonds. The van der Waals surface area contributed by atoms with Crippen molar-refractivity contribution in [2.24, 2.45) is 11.8 Å². The lowest BCUT2D eigenvalue weighted by molar-refractivity contribution is 0.137. The van der Waals surface area contributed by atoms with E-state index in [1.165, 1.54) is 31.3 Å². The first-order valence-corrected chi connectivity index (χ1v) is 5.17. The van der Waals surface area contributed by atoms with Crippen LogP contribution in [-0.2, 0) is 0 Å². The fraction of sp³-hybridized carbons (Fsp3) is 0.818. The van der Waals surface area contributed by atoms with Gasteiger partial charge in [-0.25, -0.2) is 0 Å². The Kier molecular flexibility index (Phi) is 2.22. The van der Waals surface area contributed by atoms with Crippen LogP contribution in [0.3, 0.4) is 0 Å². The molecule has 1 N–H and O–H groups in total. The fourth-order valence-electron chi connectivity index (χ4n) is 2.73. The summed E-state index contributed by atoms with van der Waals surface area (Å²) >= 11 is 0. The second-order valence-electron chi connectivity index (χ2n) is 4.31. The molecule has 0 spiro atoms. The number of rotatable bonds is 0. The summed E-state index contributed by atoms with van der Waals surface area (Å²) in [6.45, 7) is 2.33. The van der Waals surface area contributed by atoms with Crippen molar-refractivity contribution in [3.63, 3.8) is 0 Å². The summed E-state index contributed by atoms with van der Waals surface area (Å²) in [5.41, 5.74) is 1.36. The number of hydrogen-bond acceptors (Lipinski definition) is 1. The monoisotopic (exact) mass is 166 g/mol. The van der Waals surface area contributed by atoms with Gasteiger partial charge in [0.05, 0.1) is 6.10 Å². The minimum atomic E-state index is -0.105. The summed E-state index contributed by atoms with van der Waals surface area (Å²) in [5.74, 6) is 1.52. The standard InChI is InChI=1S/C11H18O/c1-8-4-2-6-10-9(8)5-3-7-11(10)12/h6,8-9,11-12H,2-5,7H2,1H3. The highest BCUT2D eigenvalue weighted by atomic mass is 16.3. The van der Waals surface area contributed by atoms with Crippen molar-refractivity contribution < 1.29 is 5.11 Å². The normalized spacial score (nSPS) is 41.8. The largest absolute Gasteiger partial charge is 0.389 e. The third kappa shape index (κ3) is 1.31. The molecule has 1 nitrogen and oxygen atoms in total. The molecule has 1 fully saturated rings. The molecule has 0 heterocycles. The molecule has 1 saturated carbocycles. The predicted molar refractivity (Wildman–Crippen MR) is 49.8 cm³/mol. The van der Waals surface area contributed by atoms with Crippen LogP contribution in [0.2, 0.25) is 0 Å². The summed E-state index contributed by atoms with van der Waals surface area (Å²) in [5, 5.41) is 9.75. The highest BCUT2D eigenvalue weighted by Crippen LogP contribution is 2.39. The van der Waals surface area contributed by atoms with Gasteiger partial charge in [-0.2, -0.15) is 0 Å². The maximum Gasteiger partial charge on any atom is 0.0752 e. The second kappa shape index (κ2) is 3.21. The molecule has 2 aliphatic rings. The summed E-state index contributed by atoms with van der Waals surface area (Å²) in [6.07, 6.45) is 8.21. The number of hydrogen-bond donors (Lipinski definition) is 1. The Bertz CT molecular complexity index is 195. The molecular weight excluding hydrogens is 148 g/mol. The van der Waals surface area contributed by atoms with Gasteiger partial charge in [0.15, 0.2) is 0 Å². The van der Waals surface area contributed by atoms with Crippen molar-refractivity contribution in [1.82, 2.24) is 0 Å². The van der Waals surface area contributed by atoms with Crippen molar-refractivity contribution in [2.75, 3.05) is 0 Å². The van der Waals surface area contributed by atoms with Crippen LogP contribution in [-0.4, -0.2) is 11.2 Å². The maximum absolute atomic E-state index is 9.75. The van der Waals surface area contributed by atoms with E-state index in [1.54, 1.807) is 0 Å². The lowest BCUT2D eigenvalue weighted by Crippen LogP contribution is -2.29. The molecule has 3 unspecified atom stereocenters. The molecule has 0 saturated heterocycles. The Balaban J connectivity index is 2.18. The summed E-state index contributed by atoms with van der Waals surface area (Å²) in [4.78, 5) is 0. The second-order valence-corrected chi connectivity index (χ2v) is 4.31. The Morgan fingerprint density at radius 2 is 2.17 bits per heavy atom. The number of fused-ring (bicyclic) bond motifs is 1. The van der Waals surface area contributed by atoms with Crippen LogP contribution in [0.4, 0.5) is 0 Å². The Morgan fingerprint density at radius 1 is 1.33 bits per heavy atom. The zero-order valence-corrected chi connectivity index (χ0v) is 7.79. The minimum Gasteiger partial charge on any atom is -0.389 e. The molecule has 1 heteroatoms. The third-order valence-corrected chi connectivity index (χ3v) is 3.49. The van der Waals surface area contributed by atoms with Gasteiger partial charge < -0.3 is 5.11 Å². The maximum atomic E-state index is 9.75. The van der Waals surface area contributed by atoms with Gasteiger partial charge in [0.2, 0.25) is 0 Å². The average molecular weight is 166 g/mol. The number of aliphatic hydroxyl groups excluding tert-OH is 1. The molecule has 0 aliphatic heterocycles. The van der Waals surface area contributed by atoms with Crippen LogP contribution in [0, 0.1) is 11.8 Å². The molecule has 2 rings (SSSR count). The Hall–Kier alpha value is -0.300. The van der Waals surface area contributed by atoms with E-state index in [2.05, 4.69) is 13.0 Å². The molecule has 3 atom stereocenters. The highest BCUT2D eigenvalue weighted by molar-refractivity contribution is 5.18. The Morgan fingerprint density at radius 3 is 2.92 bits per heavy atom. The van der Waals surface area contributed by atoms with Gasteiger partial charge in [-0.15, -0.1) is 0 Å². The van der Waals surface area contributed by atoms with Gasteiger partial charge in [0.25, 0.3) is 0 Å². The summed E-state index contributed by atoms with van der Waals surface area (Å²) in [6, 6.07) is 0. The van der Waals surface area contributed by atoms with Gasteiger partial charge in [0, 0.05) is 0 Å². The zero-order chi connectivity index (χ0) is 8.55. The number of allylic oxidation sites excluding steroid dienone is 1. The van der Waals surface area contributed by atoms with Crippen LogP contribution in [0.5, 0.6) is 0 Å². The number of aliphatic hydroxyl groups is 1. The molecular formula is C11H18O. The van der Waals surface area contributed by atoms with Crippen LogP contribution in [0.15, 0.2) is 11.6 Å². The van der Waals surface area contributed by atoms with Crippen molar-refractivity contribution >= 4 is 0 Å².